The lowest BCUT2D eigenvalue weighted by Crippen LogP contribution is -2.15. The van der Waals surface area contributed by atoms with Crippen LogP contribution in [-0.2, 0) is 0 Å². The third-order valence-electron chi connectivity index (χ3n) is 1.07. The molecular weight excluding hydrogens is 187 g/mol. The highest BCUT2D eigenvalue weighted by molar-refractivity contribution is 9.09. The van der Waals surface area contributed by atoms with Crippen LogP contribution in [-0.4, -0.2) is 21.9 Å². The van der Waals surface area contributed by atoms with E-state index in [0.717, 1.165) is 6.16 Å². The van der Waals surface area contributed by atoms with Gasteiger partial charge in [0.25, 0.3) is 0 Å². The predicted molar refractivity (Wildman–Crippen MR) is 41.0 cm³/mol. The quantitative estimate of drug-likeness (QED) is 0.351. The van der Waals surface area contributed by atoms with Gasteiger partial charge in [-0.25, -0.2) is 0 Å². The third kappa shape index (κ3) is 1.54. The van der Waals surface area contributed by atoms with E-state index in [-0.39, 0.29) is 10.7 Å². The highest BCUT2D eigenvalue weighted by atomic mass is 79.9. The van der Waals surface area contributed by atoms with E-state index in [0.29, 0.717) is 8.58 Å². The second-order valence-electron chi connectivity index (χ2n) is 1.73. The van der Waals surface area contributed by atoms with E-state index in [1.165, 1.54) is 0 Å². The highest BCUT2D eigenvalue weighted by Gasteiger charge is 2.14. The number of halogens is 1. The van der Waals surface area contributed by atoms with Gasteiger partial charge in [0.15, 0.2) is 0 Å². The predicted octanol–water partition coefficient (Wildman–Crippen LogP) is 1.32. The van der Waals surface area contributed by atoms with Crippen molar-refractivity contribution in [3.63, 3.8) is 0 Å². The fourth-order valence-electron chi connectivity index (χ4n) is 0.605. The summed E-state index contributed by atoms with van der Waals surface area (Å²) >= 11 is 3.32. The van der Waals surface area contributed by atoms with Gasteiger partial charge in [-0.1, -0.05) is 36.7 Å². The van der Waals surface area contributed by atoms with Gasteiger partial charge < -0.3 is 5.11 Å². The van der Waals surface area contributed by atoms with Gasteiger partial charge in [-0.3, -0.25) is 0 Å². The summed E-state index contributed by atoms with van der Waals surface area (Å²) in [6.07, 6.45) is 5.15. The molecule has 3 unspecified atom stereocenters. The van der Waals surface area contributed by atoms with Crippen LogP contribution < -0.4 is 0 Å². The molecule has 0 amide bonds. The molecule has 46 valence electrons. The molecule has 0 radical (unpaired) electrons. The lowest BCUT2D eigenvalue weighted by molar-refractivity contribution is 0.269. The van der Waals surface area contributed by atoms with Crippen molar-refractivity contribution in [2.75, 3.05) is 6.16 Å². The average molecular weight is 195 g/mol. The molecule has 0 aromatic heterocycles. The molecule has 3 atom stereocenters. The summed E-state index contributed by atoms with van der Waals surface area (Å²) in [7, 11) is 0.678. The molecule has 0 bridgehead atoms. The average Bonchev–Trinajstić information content (AvgIpc) is 1.77. The van der Waals surface area contributed by atoms with Gasteiger partial charge in [-0.05, 0) is 6.16 Å². The number of aliphatic hydroxyl groups is 1. The van der Waals surface area contributed by atoms with E-state index in [2.05, 4.69) is 22.0 Å². The van der Waals surface area contributed by atoms with Crippen LogP contribution in [0.25, 0.3) is 0 Å². The van der Waals surface area contributed by atoms with Crippen LogP contribution in [0.2, 0.25) is 0 Å². The molecule has 0 saturated heterocycles. The first-order chi connectivity index (χ1) is 3.80. The number of rotatable bonds is 0. The summed E-state index contributed by atoms with van der Waals surface area (Å²) < 4.78 is 0. The molecule has 1 rings (SSSR count). The van der Waals surface area contributed by atoms with Crippen LogP contribution in [0.5, 0.6) is 0 Å². The lowest BCUT2D eigenvalue weighted by atomic mass is 10.4. The van der Waals surface area contributed by atoms with E-state index in [1.807, 2.05) is 6.08 Å². The van der Waals surface area contributed by atoms with Gasteiger partial charge in [0.05, 0.1) is 10.7 Å². The van der Waals surface area contributed by atoms with Crippen LogP contribution in [0.15, 0.2) is 12.2 Å². The van der Waals surface area contributed by atoms with Crippen LogP contribution in [0.3, 0.4) is 0 Å². The Morgan fingerprint density at radius 1 is 1.75 bits per heavy atom. The van der Waals surface area contributed by atoms with Crippen molar-refractivity contribution in [1.29, 1.82) is 0 Å². The fraction of sp³-hybridized carbons (Fsp3) is 0.600. The van der Waals surface area contributed by atoms with Gasteiger partial charge in [0.1, 0.15) is 0 Å². The normalized spacial score (nSPS) is 40.8. The Morgan fingerprint density at radius 3 is 2.88 bits per heavy atom. The van der Waals surface area contributed by atoms with Gasteiger partial charge in [-0.2, -0.15) is 0 Å². The molecular formula is C5H8BrOP. The molecule has 0 fully saturated rings. The van der Waals surface area contributed by atoms with Crippen molar-refractivity contribution in [3.05, 3.63) is 12.2 Å². The summed E-state index contributed by atoms with van der Waals surface area (Å²) in [5.74, 6) is -0.139. The number of aliphatic hydroxyl groups excluding tert-OH is 1. The summed E-state index contributed by atoms with van der Waals surface area (Å²) in [4.78, 5) is 0.203. The molecule has 1 N–H and O–H groups in total. The minimum absolute atomic E-state index is 0.139. The van der Waals surface area contributed by atoms with Crippen LogP contribution >= 0.6 is 24.5 Å². The van der Waals surface area contributed by atoms with Gasteiger partial charge in [0, 0.05) is 0 Å². The Labute approximate surface area is 59.1 Å². The molecule has 1 heterocycles. The van der Waals surface area contributed by atoms with Crippen molar-refractivity contribution >= 4 is 24.5 Å². The standard InChI is InChI=1S/C5H8BrOP/c6-4-2-1-3-8-5(4)7/h1-2,4-5,7-8H,3H2. The Bertz CT molecular complexity index is 105. The number of allylic oxidation sites excluding steroid dienone is 1. The zero-order valence-electron chi connectivity index (χ0n) is 4.34. The second kappa shape index (κ2) is 2.95. The Kier molecular flexibility index (Phi) is 2.48. The second-order valence-corrected chi connectivity index (χ2v) is 4.19. The summed E-state index contributed by atoms with van der Waals surface area (Å²) in [6.45, 7) is 0. The summed E-state index contributed by atoms with van der Waals surface area (Å²) in [5, 5.41) is 9.09. The van der Waals surface area contributed by atoms with Crippen LogP contribution in [0, 0.1) is 0 Å². The topological polar surface area (TPSA) is 20.2 Å². The van der Waals surface area contributed by atoms with Crippen LogP contribution in [0.4, 0.5) is 0 Å². The van der Waals surface area contributed by atoms with Gasteiger partial charge in [-0.15, -0.1) is 0 Å². The molecule has 0 aromatic rings. The van der Waals surface area contributed by atoms with E-state index >= 15 is 0 Å². The highest BCUT2D eigenvalue weighted by Crippen LogP contribution is 2.28. The van der Waals surface area contributed by atoms with Gasteiger partial charge in [0.2, 0.25) is 0 Å². The number of alkyl halides is 1. The maximum absolute atomic E-state index is 9.09. The SMILES string of the molecule is OC1PCC=CC1Br. The summed E-state index contributed by atoms with van der Waals surface area (Å²) in [6, 6.07) is 0. The van der Waals surface area contributed by atoms with E-state index < -0.39 is 0 Å². The fourth-order valence-corrected chi connectivity index (χ4v) is 2.23. The monoisotopic (exact) mass is 194 g/mol. The molecule has 0 aromatic carbocycles. The number of hydrogen-bond acceptors (Lipinski definition) is 1. The van der Waals surface area contributed by atoms with E-state index in [4.69, 9.17) is 5.11 Å². The smallest absolute Gasteiger partial charge is 0.0864 e. The third-order valence-corrected chi connectivity index (χ3v) is 3.61. The first kappa shape index (κ1) is 6.73. The van der Waals surface area contributed by atoms with Crippen molar-refractivity contribution in [1.82, 2.24) is 0 Å². The molecule has 3 heteroatoms. The summed E-state index contributed by atoms with van der Waals surface area (Å²) in [5.41, 5.74) is 0. The van der Waals surface area contributed by atoms with E-state index in [9.17, 15) is 0 Å². The zero-order chi connectivity index (χ0) is 5.98. The molecule has 0 saturated carbocycles. The number of hydrogen-bond donors (Lipinski definition) is 1. The first-order valence-electron chi connectivity index (χ1n) is 2.53. The lowest BCUT2D eigenvalue weighted by Gasteiger charge is -2.16. The Morgan fingerprint density at radius 2 is 2.50 bits per heavy atom. The van der Waals surface area contributed by atoms with E-state index in [1.54, 1.807) is 0 Å². The molecule has 0 aliphatic carbocycles. The zero-order valence-corrected chi connectivity index (χ0v) is 6.93. The molecule has 0 spiro atoms. The molecule has 1 aliphatic heterocycles. The first-order valence-corrected chi connectivity index (χ1v) is 4.73. The largest absolute Gasteiger partial charge is 0.387 e. The minimum atomic E-state index is -0.139. The molecule has 1 nitrogen and oxygen atoms in total. The maximum Gasteiger partial charge on any atom is 0.0864 e. The van der Waals surface area contributed by atoms with Crippen LogP contribution in [0.1, 0.15) is 0 Å². The maximum atomic E-state index is 9.09. The Balaban J connectivity index is 2.47. The van der Waals surface area contributed by atoms with Crippen molar-refractivity contribution < 1.29 is 5.11 Å². The van der Waals surface area contributed by atoms with Crippen molar-refractivity contribution in [2.24, 2.45) is 0 Å². The molecule has 8 heavy (non-hydrogen) atoms. The van der Waals surface area contributed by atoms with Crippen molar-refractivity contribution in [3.8, 4) is 0 Å². The van der Waals surface area contributed by atoms with Gasteiger partial charge >= 0.3 is 0 Å². The molecule has 1 aliphatic rings. The van der Waals surface area contributed by atoms with Crippen molar-refractivity contribution in [2.45, 2.75) is 10.7 Å². The Hall–Kier alpha value is 0.610. The minimum Gasteiger partial charge on any atom is -0.387 e.